The van der Waals surface area contributed by atoms with Crippen molar-refractivity contribution >= 4 is 29.2 Å². The number of halogens is 1. The van der Waals surface area contributed by atoms with Crippen molar-refractivity contribution in [3.05, 3.63) is 59.1 Å². The number of para-hydroxylation sites is 1. The van der Waals surface area contributed by atoms with E-state index in [1.165, 1.54) is 0 Å². The summed E-state index contributed by atoms with van der Waals surface area (Å²) >= 11 is 4.80. The van der Waals surface area contributed by atoms with Gasteiger partial charge in [0.25, 0.3) is 0 Å². The largest absolute Gasteiger partial charge is 0.591 e. The van der Waals surface area contributed by atoms with E-state index in [9.17, 15) is 4.55 Å². The van der Waals surface area contributed by atoms with E-state index in [-0.39, 0.29) is 4.75 Å². The first-order valence-corrected chi connectivity index (χ1v) is 8.33. The molecule has 0 bridgehead atoms. The lowest BCUT2D eigenvalue weighted by atomic mass is 10.2. The zero-order chi connectivity index (χ0) is 16.2. The third-order valence-electron chi connectivity index (χ3n) is 2.74. The molecule has 0 aliphatic carbocycles. The van der Waals surface area contributed by atoms with E-state index in [0.29, 0.717) is 16.5 Å². The molecule has 0 spiro atoms. The van der Waals surface area contributed by atoms with E-state index in [4.69, 9.17) is 16.3 Å². The molecule has 0 aliphatic rings. The van der Waals surface area contributed by atoms with Gasteiger partial charge in [-0.25, -0.2) is 0 Å². The van der Waals surface area contributed by atoms with Gasteiger partial charge in [0.2, 0.25) is 0 Å². The molecule has 22 heavy (non-hydrogen) atoms. The van der Waals surface area contributed by atoms with Gasteiger partial charge in [0.1, 0.15) is 27.6 Å². The van der Waals surface area contributed by atoms with Gasteiger partial charge in [-0.2, -0.15) is 0 Å². The molecule has 0 fully saturated rings. The zero-order valence-electron chi connectivity index (χ0n) is 12.7. The molecule has 0 aliphatic heterocycles. The minimum absolute atomic E-state index is 0.373. The quantitative estimate of drug-likeness (QED) is 0.582. The Morgan fingerprint density at radius 1 is 1.14 bits per heavy atom. The van der Waals surface area contributed by atoms with Gasteiger partial charge < -0.3 is 9.29 Å². The highest BCUT2D eigenvalue weighted by Crippen LogP contribution is 2.29. The van der Waals surface area contributed by atoms with Gasteiger partial charge >= 0.3 is 0 Å². The Morgan fingerprint density at radius 2 is 1.86 bits per heavy atom. The summed E-state index contributed by atoms with van der Waals surface area (Å²) in [5.74, 6) is 1.25. The second kappa shape index (κ2) is 7.18. The van der Waals surface area contributed by atoms with Gasteiger partial charge in [-0.1, -0.05) is 40.3 Å². The highest BCUT2D eigenvalue weighted by Gasteiger charge is 2.25. The van der Waals surface area contributed by atoms with Crippen molar-refractivity contribution in [1.82, 2.24) is 0 Å². The Morgan fingerprint density at radius 3 is 2.55 bits per heavy atom. The number of rotatable bonds is 4. The average Bonchev–Trinajstić information content (AvgIpc) is 2.46. The first-order chi connectivity index (χ1) is 10.4. The van der Waals surface area contributed by atoms with Crippen LogP contribution in [0.3, 0.4) is 0 Å². The molecule has 1 atom stereocenters. The smallest absolute Gasteiger partial charge is 0.146 e. The van der Waals surface area contributed by atoms with E-state index < -0.39 is 11.4 Å². The topological polar surface area (TPSA) is 44.7 Å². The number of nitrogens with zero attached hydrogens (tertiary/aromatic N) is 1. The fourth-order valence-corrected chi connectivity index (χ4v) is 2.29. The van der Waals surface area contributed by atoms with Crippen molar-refractivity contribution < 1.29 is 9.29 Å². The zero-order valence-corrected chi connectivity index (χ0v) is 14.3. The maximum Gasteiger partial charge on any atom is 0.146 e. The van der Waals surface area contributed by atoms with E-state index in [1.54, 1.807) is 18.3 Å². The van der Waals surface area contributed by atoms with Crippen LogP contribution in [0.4, 0.5) is 0 Å². The predicted molar refractivity (Wildman–Crippen MR) is 93.5 cm³/mol. The Bertz CT molecular complexity index is 668. The molecule has 0 aromatic heterocycles. The Labute approximate surface area is 139 Å². The molecule has 0 radical (unpaired) electrons. The highest BCUT2D eigenvalue weighted by molar-refractivity contribution is 7.91. The molecule has 0 heterocycles. The van der Waals surface area contributed by atoms with Crippen LogP contribution in [0.5, 0.6) is 11.5 Å². The number of ether oxygens (including phenoxy) is 1. The Balaban J connectivity index is 2.14. The third-order valence-corrected chi connectivity index (χ3v) is 4.40. The van der Waals surface area contributed by atoms with Crippen LogP contribution in [0.25, 0.3) is 0 Å². The second-order valence-electron chi connectivity index (χ2n) is 5.70. The maximum absolute atomic E-state index is 11.9. The Hall–Kier alpha value is -1.49. The highest BCUT2D eigenvalue weighted by atomic mass is 35.5. The summed E-state index contributed by atoms with van der Waals surface area (Å²) in [6, 6.07) is 14.7. The van der Waals surface area contributed by atoms with Gasteiger partial charge in [-0.05, 0) is 45.0 Å². The summed E-state index contributed by atoms with van der Waals surface area (Å²) in [6.45, 7) is 5.66. The van der Waals surface area contributed by atoms with Crippen LogP contribution in [0.15, 0.2) is 52.9 Å². The summed E-state index contributed by atoms with van der Waals surface area (Å²) in [7, 11) is 0. The van der Waals surface area contributed by atoms with Crippen LogP contribution in [0, 0.1) is 0 Å². The van der Waals surface area contributed by atoms with E-state index in [1.807, 2.05) is 57.2 Å². The number of hydrogen-bond acceptors (Lipinski definition) is 3. The van der Waals surface area contributed by atoms with E-state index in [2.05, 4.69) is 4.40 Å². The Kier molecular flexibility index (Phi) is 5.51. The molecule has 0 amide bonds. The lowest BCUT2D eigenvalue weighted by molar-refractivity contribution is 0.483. The average molecular weight is 336 g/mol. The van der Waals surface area contributed by atoms with Gasteiger partial charge in [0.15, 0.2) is 0 Å². The maximum atomic E-state index is 11.9. The minimum Gasteiger partial charge on any atom is -0.591 e. The SMILES string of the molecule is CC(C)(C)[S+]([O-])/N=C/c1cccc(Oc2ccccc2Cl)c1. The molecule has 0 saturated heterocycles. The van der Waals surface area contributed by atoms with Crippen molar-refractivity contribution in [3.8, 4) is 11.5 Å². The second-order valence-corrected chi connectivity index (χ2v) is 8.04. The molecule has 0 N–H and O–H groups in total. The van der Waals surface area contributed by atoms with Gasteiger partial charge in [0, 0.05) is 5.56 Å². The van der Waals surface area contributed by atoms with Gasteiger partial charge in [-0.3, -0.25) is 0 Å². The van der Waals surface area contributed by atoms with E-state index >= 15 is 0 Å². The molecule has 2 rings (SSSR count). The van der Waals surface area contributed by atoms with Crippen LogP contribution < -0.4 is 4.74 Å². The summed E-state index contributed by atoms with van der Waals surface area (Å²) in [4.78, 5) is 0. The molecular weight excluding hydrogens is 318 g/mol. The summed E-state index contributed by atoms with van der Waals surface area (Å²) in [5.41, 5.74) is 0.821. The van der Waals surface area contributed by atoms with Gasteiger partial charge in [-0.15, -0.1) is 0 Å². The third kappa shape index (κ3) is 4.77. The van der Waals surface area contributed by atoms with E-state index in [0.717, 1.165) is 5.56 Å². The molecule has 0 saturated carbocycles. The molecular formula is C17H18ClNO2S. The standard InChI is InChI=1S/C17H18ClNO2S/c1-17(2,3)22(20)19-12-13-7-6-8-14(11-13)21-16-10-5-4-9-15(16)18/h4-12H,1-3H3/b19-12+. The molecule has 2 aromatic rings. The molecule has 5 heteroatoms. The normalized spacial score (nSPS) is 13.3. The molecule has 3 nitrogen and oxygen atoms in total. The van der Waals surface area contributed by atoms with Crippen LogP contribution in [-0.2, 0) is 11.4 Å². The van der Waals surface area contributed by atoms with Crippen LogP contribution >= 0.6 is 11.6 Å². The van der Waals surface area contributed by atoms with Gasteiger partial charge in [0.05, 0.1) is 11.2 Å². The van der Waals surface area contributed by atoms with Crippen LogP contribution in [-0.4, -0.2) is 15.5 Å². The number of benzene rings is 2. The molecule has 1 unspecified atom stereocenters. The molecule has 2 aromatic carbocycles. The lowest BCUT2D eigenvalue weighted by Crippen LogP contribution is -2.25. The predicted octanol–water partition coefficient (Wildman–Crippen LogP) is 5.01. The van der Waals surface area contributed by atoms with Crippen LogP contribution in [0.2, 0.25) is 5.02 Å². The summed E-state index contributed by atoms with van der Waals surface area (Å²) < 4.78 is 21.4. The lowest BCUT2D eigenvalue weighted by Gasteiger charge is -2.17. The van der Waals surface area contributed by atoms with Crippen LogP contribution in [0.1, 0.15) is 26.3 Å². The minimum atomic E-state index is -1.28. The summed E-state index contributed by atoms with van der Waals surface area (Å²) in [6.07, 6.45) is 1.60. The van der Waals surface area contributed by atoms with Crippen molar-refractivity contribution in [2.75, 3.05) is 0 Å². The number of hydrogen-bond donors (Lipinski definition) is 0. The fourth-order valence-electron chi connectivity index (χ4n) is 1.58. The first kappa shape index (κ1) is 16.9. The fraction of sp³-hybridized carbons (Fsp3) is 0.235. The summed E-state index contributed by atoms with van der Waals surface area (Å²) in [5, 5.41) is 0.551. The van der Waals surface area contributed by atoms with Crippen molar-refractivity contribution in [1.29, 1.82) is 0 Å². The monoisotopic (exact) mass is 335 g/mol. The first-order valence-electron chi connectivity index (χ1n) is 6.85. The van der Waals surface area contributed by atoms with Crippen molar-refractivity contribution in [2.24, 2.45) is 4.40 Å². The van der Waals surface area contributed by atoms with Crippen molar-refractivity contribution in [3.63, 3.8) is 0 Å². The van der Waals surface area contributed by atoms with Crippen molar-refractivity contribution in [2.45, 2.75) is 25.5 Å². The molecule has 116 valence electrons.